The fourth-order valence-corrected chi connectivity index (χ4v) is 1.08. The summed E-state index contributed by atoms with van der Waals surface area (Å²) in [5, 5.41) is 2.69. The van der Waals surface area contributed by atoms with Crippen molar-refractivity contribution in [1.82, 2.24) is 5.32 Å². The van der Waals surface area contributed by atoms with Crippen LogP contribution in [-0.2, 0) is 14.3 Å². The van der Waals surface area contributed by atoms with E-state index in [2.05, 4.69) is 5.32 Å². The maximum atomic E-state index is 11.3. The van der Waals surface area contributed by atoms with Crippen LogP contribution in [0.4, 0.5) is 0 Å². The number of hydrogen-bond donors (Lipinski definition) is 1. The van der Waals surface area contributed by atoms with Gasteiger partial charge in [-0.05, 0) is 12.3 Å². The van der Waals surface area contributed by atoms with Crippen molar-refractivity contribution in [3.05, 3.63) is 0 Å². The van der Waals surface area contributed by atoms with E-state index in [9.17, 15) is 9.59 Å². The number of hydrogen-bond acceptors (Lipinski definition) is 3. The fraction of sp³-hybridized carbons (Fsp3) is 0.818. The predicted molar refractivity (Wildman–Crippen MR) is 58.3 cm³/mol. The normalized spacial score (nSPS) is 10.9. The van der Waals surface area contributed by atoms with E-state index in [4.69, 9.17) is 4.74 Å². The molecule has 0 saturated heterocycles. The summed E-state index contributed by atoms with van der Waals surface area (Å²) in [4.78, 5) is 22.3. The molecule has 0 rings (SSSR count). The molecule has 1 N–H and O–H groups in total. The van der Waals surface area contributed by atoms with E-state index in [1.165, 1.54) is 0 Å². The molecule has 0 radical (unpaired) electrons. The molecule has 4 heteroatoms. The van der Waals surface area contributed by atoms with Gasteiger partial charge in [0.2, 0.25) is 5.91 Å². The van der Waals surface area contributed by atoms with Crippen LogP contribution in [0, 0.1) is 5.41 Å². The summed E-state index contributed by atoms with van der Waals surface area (Å²) in [7, 11) is 0. The Kier molecular flexibility index (Phi) is 5.97. The van der Waals surface area contributed by atoms with Gasteiger partial charge in [-0.1, -0.05) is 20.8 Å². The molecule has 0 atom stereocenters. The van der Waals surface area contributed by atoms with E-state index in [0.717, 1.165) is 0 Å². The van der Waals surface area contributed by atoms with Crippen molar-refractivity contribution in [2.45, 2.75) is 40.5 Å². The van der Waals surface area contributed by atoms with E-state index in [1.807, 2.05) is 20.8 Å². The molecule has 0 aliphatic carbocycles. The molecule has 88 valence electrons. The standard InChI is InChI=1S/C11H21NO3/c1-5-15-10(14)6-7-12-9(13)8-11(2,3)4/h5-8H2,1-4H3,(H,12,13). The molecule has 4 nitrogen and oxygen atoms in total. The van der Waals surface area contributed by atoms with Crippen LogP contribution in [0.3, 0.4) is 0 Å². The van der Waals surface area contributed by atoms with Crippen LogP contribution in [0.1, 0.15) is 40.5 Å². The molecule has 15 heavy (non-hydrogen) atoms. The molecule has 0 aromatic rings. The van der Waals surface area contributed by atoms with Crippen LogP contribution >= 0.6 is 0 Å². The number of rotatable bonds is 5. The summed E-state index contributed by atoms with van der Waals surface area (Å²) in [5.41, 5.74) is -0.0198. The van der Waals surface area contributed by atoms with Gasteiger partial charge in [0.15, 0.2) is 0 Å². The molecular formula is C11H21NO3. The highest BCUT2D eigenvalue weighted by Crippen LogP contribution is 2.17. The lowest BCUT2D eigenvalue weighted by atomic mass is 9.92. The number of carbonyl (C=O) groups is 2. The lowest BCUT2D eigenvalue weighted by molar-refractivity contribution is -0.143. The van der Waals surface area contributed by atoms with Gasteiger partial charge in [-0.2, -0.15) is 0 Å². The molecule has 0 bridgehead atoms. The second kappa shape index (κ2) is 6.43. The van der Waals surface area contributed by atoms with Crippen molar-refractivity contribution in [2.24, 2.45) is 5.41 Å². The first-order valence-electron chi connectivity index (χ1n) is 5.27. The van der Waals surface area contributed by atoms with Crippen LogP contribution in [0.5, 0.6) is 0 Å². The zero-order chi connectivity index (χ0) is 11.9. The fourth-order valence-electron chi connectivity index (χ4n) is 1.08. The molecule has 0 unspecified atom stereocenters. The zero-order valence-corrected chi connectivity index (χ0v) is 10.1. The number of nitrogens with one attached hydrogen (secondary N) is 1. The average Bonchev–Trinajstić information content (AvgIpc) is 2.00. The van der Waals surface area contributed by atoms with Crippen LogP contribution < -0.4 is 5.32 Å². The van der Waals surface area contributed by atoms with Gasteiger partial charge >= 0.3 is 5.97 Å². The summed E-state index contributed by atoms with van der Waals surface area (Å²) >= 11 is 0. The summed E-state index contributed by atoms with van der Waals surface area (Å²) in [6.07, 6.45) is 0.708. The Morgan fingerprint density at radius 3 is 2.33 bits per heavy atom. The molecule has 0 fully saturated rings. The van der Waals surface area contributed by atoms with E-state index in [1.54, 1.807) is 6.92 Å². The summed E-state index contributed by atoms with van der Waals surface area (Å²) in [6, 6.07) is 0. The predicted octanol–water partition coefficient (Wildman–Crippen LogP) is 1.49. The van der Waals surface area contributed by atoms with Crippen LogP contribution in [0.15, 0.2) is 0 Å². The van der Waals surface area contributed by atoms with Crippen molar-refractivity contribution in [2.75, 3.05) is 13.2 Å². The van der Waals surface area contributed by atoms with E-state index >= 15 is 0 Å². The molecular weight excluding hydrogens is 194 g/mol. The molecule has 0 aromatic heterocycles. The van der Waals surface area contributed by atoms with Crippen molar-refractivity contribution in [1.29, 1.82) is 0 Å². The summed E-state index contributed by atoms with van der Waals surface area (Å²) < 4.78 is 4.73. The minimum Gasteiger partial charge on any atom is -0.466 e. The molecule has 0 aliphatic heterocycles. The van der Waals surface area contributed by atoms with Gasteiger partial charge in [-0.25, -0.2) is 0 Å². The number of amides is 1. The zero-order valence-electron chi connectivity index (χ0n) is 10.1. The first kappa shape index (κ1) is 13.9. The van der Waals surface area contributed by atoms with Gasteiger partial charge in [0.25, 0.3) is 0 Å². The number of ether oxygens (including phenoxy) is 1. The quantitative estimate of drug-likeness (QED) is 0.707. The Balaban J connectivity index is 3.60. The minimum atomic E-state index is -0.270. The molecule has 0 heterocycles. The van der Waals surface area contributed by atoms with Crippen LogP contribution in [-0.4, -0.2) is 25.0 Å². The Hall–Kier alpha value is -1.06. The molecule has 0 aliphatic rings. The highest BCUT2D eigenvalue weighted by molar-refractivity contribution is 5.77. The van der Waals surface area contributed by atoms with Crippen molar-refractivity contribution < 1.29 is 14.3 Å². The van der Waals surface area contributed by atoms with Crippen molar-refractivity contribution in [3.8, 4) is 0 Å². The Bertz CT molecular complexity index is 218. The van der Waals surface area contributed by atoms with Gasteiger partial charge in [-0.15, -0.1) is 0 Å². The average molecular weight is 215 g/mol. The van der Waals surface area contributed by atoms with Crippen molar-refractivity contribution in [3.63, 3.8) is 0 Å². The summed E-state index contributed by atoms with van der Waals surface area (Å²) in [5.74, 6) is -0.291. The van der Waals surface area contributed by atoms with Gasteiger partial charge in [0.05, 0.1) is 13.0 Å². The van der Waals surface area contributed by atoms with E-state index in [-0.39, 0.29) is 23.7 Å². The Morgan fingerprint density at radius 2 is 1.87 bits per heavy atom. The van der Waals surface area contributed by atoms with E-state index in [0.29, 0.717) is 19.6 Å². The third-order valence-electron chi connectivity index (χ3n) is 1.65. The first-order valence-corrected chi connectivity index (χ1v) is 5.27. The molecule has 0 saturated carbocycles. The topological polar surface area (TPSA) is 55.4 Å². The second-order valence-corrected chi connectivity index (χ2v) is 4.64. The van der Waals surface area contributed by atoms with Gasteiger partial charge in [0.1, 0.15) is 0 Å². The minimum absolute atomic E-state index is 0.0198. The third-order valence-corrected chi connectivity index (χ3v) is 1.65. The Morgan fingerprint density at radius 1 is 1.27 bits per heavy atom. The summed E-state index contributed by atoms with van der Waals surface area (Å²) in [6.45, 7) is 8.49. The van der Waals surface area contributed by atoms with E-state index < -0.39 is 0 Å². The van der Waals surface area contributed by atoms with Crippen LogP contribution in [0.25, 0.3) is 0 Å². The maximum Gasteiger partial charge on any atom is 0.307 e. The second-order valence-electron chi connectivity index (χ2n) is 4.64. The van der Waals surface area contributed by atoms with Crippen LogP contribution in [0.2, 0.25) is 0 Å². The molecule has 1 amide bonds. The Labute approximate surface area is 91.4 Å². The number of esters is 1. The highest BCUT2D eigenvalue weighted by atomic mass is 16.5. The SMILES string of the molecule is CCOC(=O)CCNC(=O)CC(C)(C)C. The smallest absolute Gasteiger partial charge is 0.307 e. The molecule has 0 spiro atoms. The largest absolute Gasteiger partial charge is 0.466 e. The first-order chi connectivity index (χ1) is 6.85. The van der Waals surface area contributed by atoms with Gasteiger partial charge < -0.3 is 10.1 Å². The maximum absolute atomic E-state index is 11.3. The van der Waals surface area contributed by atoms with Gasteiger partial charge in [0, 0.05) is 13.0 Å². The lowest BCUT2D eigenvalue weighted by Crippen LogP contribution is -2.29. The lowest BCUT2D eigenvalue weighted by Gasteiger charge is -2.17. The van der Waals surface area contributed by atoms with Crippen molar-refractivity contribution >= 4 is 11.9 Å². The monoisotopic (exact) mass is 215 g/mol. The molecule has 0 aromatic carbocycles. The highest BCUT2D eigenvalue weighted by Gasteiger charge is 2.15. The third kappa shape index (κ3) is 9.25. The van der Waals surface area contributed by atoms with Gasteiger partial charge in [-0.3, -0.25) is 9.59 Å². The number of carbonyl (C=O) groups excluding carboxylic acids is 2.